The number of allylic oxidation sites excluding steroid dienone is 1. The Morgan fingerprint density at radius 2 is 1.85 bits per heavy atom. The fourth-order valence-corrected chi connectivity index (χ4v) is 5.16. The van der Waals surface area contributed by atoms with Gasteiger partial charge in [0.1, 0.15) is 11.5 Å². The summed E-state index contributed by atoms with van der Waals surface area (Å²) in [5, 5.41) is 0. The third-order valence-corrected chi connectivity index (χ3v) is 7.82. The summed E-state index contributed by atoms with van der Waals surface area (Å²) in [5.74, 6) is 1.34. The normalized spacial score (nSPS) is 21.5. The van der Waals surface area contributed by atoms with Crippen molar-refractivity contribution in [2.45, 2.75) is 72.4 Å². The Morgan fingerprint density at radius 1 is 1.15 bits per heavy atom. The van der Waals surface area contributed by atoms with E-state index >= 15 is 0 Å². The average molecular weight is 538 g/mol. The Kier molecular flexibility index (Phi) is 9.04. The highest BCUT2D eigenvalue weighted by molar-refractivity contribution is 5.93. The van der Waals surface area contributed by atoms with Crippen molar-refractivity contribution in [2.75, 3.05) is 13.7 Å². The van der Waals surface area contributed by atoms with E-state index in [1.165, 1.54) is 7.11 Å². The molecule has 1 aliphatic carbocycles. The lowest BCUT2D eigenvalue weighted by molar-refractivity contribution is -0.146. The van der Waals surface area contributed by atoms with Crippen LogP contribution in [-0.4, -0.2) is 39.5 Å². The van der Waals surface area contributed by atoms with Crippen LogP contribution in [0.1, 0.15) is 65.8 Å². The average Bonchev–Trinajstić information content (AvgIpc) is 2.92. The molecule has 2 heterocycles. The number of aliphatic imine (C=N–C) groups is 1. The number of ether oxygens (including phenoxy) is 2. The highest BCUT2D eigenvalue weighted by Crippen LogP contribution is 2.29. The summed E-state index contributed by atoms with van der Waals surface area (Å²) >= 11 is 0. The molecular formula is C29H39N5O5. The van der Waals surface area contributed by atoms with Crippen LogP contribution in [0, 0.1) is 17.8 Å². The van der Waals surface area contributed by atoms with Crippen LogP contribution in [0.25, 0.3) is 0 Å². The highest BCUT2D eigenvalue weighted by Gasteiger charge is 2.27. The largest absolute Gasteiger partial charge is 0.469 e. The molecule has 10 heteroatoms. The Hall–Kier alpha value is -3.69. The Labute approximate surface area is 228 Å². The number of rotatable bonds is 8. The van der Waals surface area contributed by atoms with Crippen LogP contribution in [0.5, 0.6) is 5.75 Å². The number of nitrogens with zero attached hydrogens (tertiary/aromatic N) is 4. The predicted molar refractivity (Wildman–Crippen MR) is 149 cm³/mol. The number of aromatic nitrogens is 3. The molecule has 39 heavy (non-hydrogen) atoms. The molecule has 2 aliphatic rings. The SMILES string of the molecule is COC(=O)[C@H](C)[C@H](C)n1c(=O)[nH]/c(=N\c2ccc(OC3=CC(C)=NCC3)cc2)n(CC2CCC(C)CC2)c1=O. The van der Waals surface area contributed by atoms with E-state index in [0.29, 0.717) is 36.4 Å². The third kappa shape index (κ3) is 6.85. The second-order valence-electron chi connectivity index (χ2n) is 10.8. The number of methoxy groups -OCH3 is 1. The molecule has 1 N–H and O–H groups in total. The van der Waals surface area contributed by atoms with E-state index in [2.05, 4.69) is 21.9 Å². The maximum atomic E-state index is 13.8. The molecular weight excluding hydrogens is 498 g/mol. The van der Waals surface area contributed by atoms with Gasteiger partial charge in [-0.2, -0.15) is 0 Å². The molecule has 0 bridgehead atoms. The molecule has 2 aromatic rings. The molecule has 2 atom stereocenters. The molecule has 10 nitrogen and oxygen atoms in total. The van der Waals surface area contributed by atoms with Crippen LogP contribution in [0.15, 0.2) is 55.7 Å². The molecule has 0 radical (unpaired) electrons. The van der Waals surface area contributed by atoms with Gasteiger partial charge in [0.15, 0.2) is 0 Å². The number of H-pyrrole nitrogens is 1. The van der Waals surface area contributed by atoms with Gasteiger partial charge in [0.2, 0.25) is 5.62 Å². The number of nitrogens with one attached hydrogen (secondary N) is 1. The van der Waals surface area contributed by atoms with Crippen molar-refractivity contribution in [3.05, 3.63) is 62.7 Å². The lowest BCUT2D eigenvalue weighted by Gasteiger charge is -2.27. The Bertz CT molecular complexity index is 1420. The molecule has 1 aromatic carbocycles. The highest BCUT2D eigenvalue weighted by atomic mass is 16.5. The van der Waals surface area contributed by atoms with Crippen molar-refractivity contribution in [1.29, 1.82) is 0 Å². The van der Waals surface area contributed by atoms with Crippen LogP contribution < -0.4 is 21.7 Å². The van der Waals surface area contributed by atoms with Crippen molar-refractivity contribution in [1.82, 2.24) is 14.1 Å². The molecule has 0 amide bonds. The van der Waals surface area contributed by atoms with Gasteiger partial charge in [-0.15, -0.1) is 0 Å². The van der Waals surface area contributed by atoms with Crippen molar-refractivity contribution < 1.29 is 14.3 Å². The molecule has 0 unspecified atom stereocenters. The molecule has 1 aromatic heterocycles. The van der Waals surface area contributed by atoms with Gasteiger partial charge >= 0.3 is 17.3 Å². The minimum absolute atomic E-state index is 0.188. The summed E-state index contributed by atoms with van der Waals surface area (Å²) in [6, 6.07) is 6.51. The summed E-state index contributed by atoms with van der Waals surface area (Å²) in [6.45, 7) is 8.67. The van der Waals surface area contributed by atoms with Crippen molar-refractivity contribution >= 4 is 17.4 Å². The second kappa shape index (κ2) is 12.4. The number of aromatic amines is 1. The Balaban J connectivity index is 1.70. The number of dihydropyridines is 1. The molecule has 4 rings (SSSR count). The predicted octanol–water partition coefficient (Wildman–Crippen LogP) is 3.89. The lowest BCUT2D eigenvalue weighted by Crippen LogP contribution is -2.52. The van der Waals surface area contributed by atoms with Gasteiger partial charge in [0, 0.05) is 25.2 Å². The smallest absolute Gasteiger partial charge is 0.335 e. The van der Waals surface area contributed by atoms with E-state index in [0.717, 1.165) is 48.1 Å². The number of benzene rings is 1. The van der Waals surface area contributed by atoms with E-state index in [9.17, 15) is 14.4 Å². The number of carbonyl (C=O) groups is 1. The van der Waals surface area contributed by atoms with E-state index in [1.807, 2.05) is 25.1 Å². The first-order valence-electron chi connectivity index (χ1n) is 13.7. The number of esters is 1. The Morgan fingerprint density at radius 3 is 2.49 bits per heavy atom. The lowest BCUT2D eigenvalue weighted by atomic mass is 9.83. The molecule has 210 valence electrons. The van der Waals surface area contributed by atoms with E-state index in [4.69, 9.17) is 9.47 Å². The monoisotopic (exact) mass is 537 g/mol. The standard InChI is InChI=1S/C29H39N5O5/c1-18-6-8-22(9-7-18)17-33-27(32-28(36)34(29(33)37)21(4)20(3)26(35)38-5)31-23-10-12-24(13-11-23)39-25-14-15-30-19(2)16-25/h10-13,16,18,20-22H,6-9,14-15,17H2,1-5H3,(H,31,32,36)/t18?,20-,21+,22?/m1/s1. The van der Waals surface area contributed by atoms with E-state index < -0.39 is 29.3 Å². The van der Waals surface area contributed by atoms with Gasteiger partial charge in [-0.3, -0.25) is 19.3 Å². The van der Waals surface area contributed by atoms with Crippen molar-refractivity contribution in [3.63, 3.8) is 0 Å². The second-order valence-corrected chi connectivity index (χ2v) is 10.8. The molecule has 1 aliphatic heterocycles. The fraction of sp³-hybridized carbons (Fsp3) is 0.552. The summed E-state index contributed by atoms with van der Waals surface area (Å²) in [7, 11) is 1.29. The quantitative estimate of drug-likeness (QED) is 0.512. The van der Waals surface area contributed by atoms with Gasteiger partial charge in [-0.1, -0.05) is 19.8 Å². The van der Waals surface area contributed by atoms with Crippen LogP contribution in [0.2, 0.25) is 0 Å². The van der Waals surface area contributed by atoms with Gasteiger partial charge < -0.3 is 9.47 Å². The summed E-state index contributed by atoms with van der Waals surface area (Å²) in [4.78, 5) is 50.9. The first-order chi connectivity index (χ1) is 18.7. The third-order valence-electron chi connectivity index (χ3n) is 7.82. The maximum absolute atomic E-state index is 13.8. The minimum atomic E-state index is -0.695. The van der Waals surface area contributed by atoms with Gasteiger partial charge in [-0.05, 0) is 75.8 Å². The minimum Gasteiger partial charge on any atom is -0.469 e. The molecule has 1 saturated carbocycles. The van der Waals surface area contributed by atoms with Gasteiger partial charge in [0.25, 0.3) is 0 Å². The molecule has 1 fully saturated rings. The number of hydrogen-bond donors (Lipinski definition) is 1. The van der Waals surface area contributed by atoms with Crippen molar-refractivity contribution in [3.8, 4) is 5.75 Å². The zero-order valence-corrected chi connectivity index (χ0v) is 23.5. The molecule has 0 saturated heterocycles. The number of carbonyl (C=O) groups excluding carboxylic acids is 1. The molecule has 0 spiro atoms. The van der Waals surface area contributed by atoms with Crippen molar-refractivity contribution in [2.24, 2.45) is 27.7 Å². The van der Waals surface area contributed by atoms with Crippen LogP contribution >= 0.6 is 0 Å². The first-order valence-corrected chi connectivity index (χ1v) is 13.7. The van der Waals surface area contributed by atoms with Crippen LogP contribution in [0.3, 0.4) is 0 Å². The first kappa shape index (κ1) is 28.3. The van der Waals surface area contributed by atoms with Gasteiger partial charge in [0.05, 0.1) is 24.8 Å². The van der Waals surface area contributed by atoms with Crippen LogP contribution in [0.4, 0.5) is 5.69 Å². The summed E-state index contributed by atoms with van der Waals surface area (Å²) < 4.78 is 13.5. The number of hydrogen-bond acceptors (Lipinski definition) is 7. The van der Waals surface area contributed by atoms with Gasteiger partial charge in [-0.25, -0.2) is 19.1 Å². The van der Waals surface area contributed by atoms with E-state index in [1.54, 1.807) is 30.5 Å². The topological polar surface area (TPSA) is 120 Å². The summed E-state index contributed by atoms with van der Waals surface area (Å²) in [6.07, 6.45) is 6.90. The van der Waals surface area contributed by atoms with Crippen LogP contribution in [-0.2, 0) is 16.1 Å². The zero-order valence-electron chi connectivity index (χ0n) is 23.5. The maximum Gasteiger partial charge on any atom is 0.335 e. The fourth-order valence-electron chi connectivity index (χ4n) is 5.16. The summed E-state index contributed by atoms with van der Waals surface area (Å²) in [5.41, 5.74) is 0.604. The van der Waals surface area contributed by atoms with E-state index in [-0.39, 0.29) is 5.62 Å². The zero-order chi connectivity index (χ0) is 28.1.